The number of benzene rings is 2. The normalized spacial score (nSPS) is 12.9. The van der Waals surface area contributed by atoms with E-state index >= 15 is 0 Å². The fraction of sp³-hybridized carbons (Fsp3) is 0.200. The van der Waals surface area contributed by atoms with E-state index in [0.717, 1.165) is 22.2 Å². The van der Waals surface area contributed by atoms with E-state index in [4.69, 9.17) is 16.3 Å². The zero-order valence-corrected chi connectivity index (χ0v) is 12.9. The first-order chi connectivity index (χ1) is 9.63. The van der Waals surface area contributed by atoms with Crippen molar-refractivity contribution in [3.63, 3.8) is 0 Å². The SMILES string of the molecule is Fc1cc(NCc2cc(Br)cc3c2OCC3)ccc1Cl. The molecule has 5 heteroatoms. The molecule has 104 valence electrons. The van der Waals surface area contributed by atoms with Gasteiger partial charge in [0, 0.05) is 28.7 Å². The number of hydrogen-bond donors (Lipinski definition) is 1. The van der Waals surface area contributed by atoms with Crippen molar-refractivity contribution in [2.75, 3.05) is 11.9 Å². The molecule has 3 rings (SSSR count). The molecule has 0 saturated carbocycles. The van der Waals surface area contributed by atoms with E-state index in [1.165, 1.54) is 11.6 Å². The molecular formula is C15H12BrClFNO. The van der Waals surface area contributed by atoms with Gasteiger partial charge in [-0.2, -0.15) is 0 Å². The van der Waals surface area contributed by atoms with Gasteiger partial charge in [0.05, 0.1) is 11.6 Å². The van der Waals surface area contributed by atoms with Crippen LogP contribution in [0.3, 0.4) is 0 Å². The van der Waals surface area contributed by atoms with Crippen molar-refractivity contribution in [2.45, 2.75) is 13.0 Å². The Balaban J connectivity index is 1.80. The highest BCUT2D eigenvalue weighted by Crippen LogP contribution is 2.33. The first-order valence-electron chi connectivity index (χ1n) is 6.26. The number of nitrogens with one attached hydrogen (secondary N) is 1. The molecule has 1 N–H and O–H groups in total. The summed E-state index contributed by atoms with van der Waals surface area (Å²) < 4.78 is 20.1. The second-order valence-electron chi connectivity index (χ2n) is 4.63. The topological polar surface area (TPSA) is 21.3 Å². The maximum absolute atomic E-state index is 13.4. The van der Waals surface area contributed by atoms with Crippen molar-refractivity contribution in [3.8, 4) is 5.75 Å². The van der Waals surface area contributed by atoms with Crippen LogP contribution in [0, 0.1) is 5.82 Å². The van der Waals surface area contributed by atoms with Crippen LogP contribution in [0.25, 0.3) is 0 Å². The average Bonchev–Trinajstić information content (AvgIpc) is 2.88. The van der Waals surface area contributed by atoms with E-state index in [-0.39, 0.29) is 5.02 Å². The second kappa shape index (κ2) is 5.62. The molecule has 0 amide bonds. The number of rotatable bonds is 3. The Morgan fingerprint density at radius 2 is 2.15 bits per heavy atom. The molecule has 2 aromatic rings. The molecule has 1 aliphatic heterocycles. The van der Waals surface area contributed by atoms with Crippen LogP contribution in [-0.2, 0) is 13.0 Å². The summed E-state index contributed by atoms with van der Waals surface area (Å²) in [6.45, 7) is 1.29. The Morgan fingerprint density at radius 1 is 1.30 bits per heavy atom. The van der Waals surface area contributed by atoms with Crippen molar-refractivity contribution in [2.24, 2.45) is 0 Å². The molecule has 0 saturated heterocycles. The number of fused-ring (bicyclic) bond motifs is 1. The fourth-order valence-corrected chi connectivity index (χ4v) is 2.95. The summed E-state index contributed by atoms with van der Waals surface area (Å²) in [5.74, 6) is 0.516. The van der Waals surface area contributed by atoms with Gasteiger partial charge in [-0.05, 0) is 35.9 Å². The van der Waals surface area contributed by atoms with Gasteiger partial charge in [-0.3, -0.25) is 0 Å². The minimum atomic E-state index is -0.424. The standard InChI is InChI=1S/C15H12BrClFNO/c16-11-5-9-3-4-20-15(9)10(6-11)8-19-12-1-2-13(17)14(18)7-12/h1-2,5-7,19H,3-4,8H2. The highest BCUT2D eigenvalue weighted by atomic mass is 79.9. The number of hydrogen-bond acceptors (Lipinski definition) is 2. The summed E-state index contributed by atoms with van der Waals surface area (Å²) in [5.41, 5.74) is 2.96. The van der Waals surface area contributed by atoms with Crippen molar-refractivity contribution >= 4 is 33.2 Å². The lowest BCUT2D eigenvalue weighted by Gasteiger charge is -2.11. The second-order valence-corrected chi connectivity index (χ2v) is 5.96. The summed E-state index contributed by atoms with van der Waals surface area (Å²) in [7, 11) is 0. The Bertz CT molecular complexity index is 663. The van der Waals surface area contributed by atoms with E-state index in [0.29, 0.717) is 18.8 Å². The Morgan fingerprint density at radius 3 is 2.95 bits per heavy atom. The molecule has 20 heavy (non-hydrogen) atoms. The van der Waals surface area contributed by atoms with Gasteiger partial charge in [0.1, 0.15) is 11.6 Å². The van der Waals surface area contributed by atoms with Crippen LogP contribution in [0.15, 0.2) is 34.8 Å². The lowest BCUT2D eigenvalue weighted by Crippen LogP contribution is -2.02. The molecule has 0 aromatic heterocycles. The molecule has 2 aromatic carbocycles. The van der Waals surface area contributed by atoms with E-state index in [9.17, 15) is 4.39 Å². The van der Waals surface area contributed by atoms with E-state index in [2.05, 4.69) is 27.3 Å². The molecule has 0 aliphatic carbocycles. The van der Waals surface area contributed by atoms with Gasteiger partial charge in [0.15, 0.2) is 0 Å². The molecule has 0 spiro atoms. The third-order valence-electron chi connectivity index (χ3n) is 3.23. The van der Waals surface area contributed by atoms with Crippen molar-refractivity contribution in [1.82, 2.24) is 0 Å². The molecule has 0 atom stereocenters. The first kappa shape index (κ1) is 13.7. The molecule has 0 fully saturated rings. The summed E-state index contributed by atoms with van der Waals surface area (Å²) in [5, 5.41) is 3.31. The largest absolute Gasteiger partial charge is 0.493 e. The summed E-state index contributed by atoms with van der Waals surface area (Å²) in [4.78, 5) is 0. The zero-order chi connectivity index (χ0) is 14.1. The average molecular weight is 357 g/mol. The van der Waals surface area contributed by atoms with Crippen molar-refractivity contribution in [1.29, 1.82) is 0 Å². The highest BCUT2D eigenvalue weighted by molar-refractivity contribution is 9.10. The smallest absolute Gasteiger partial charge is 0.143 e. The van der Waals surface area contributed by atoms with Crippen LogP contribution in [0.5, 0.6) is 5.75 Å². The molecule has 0 bridgehead atoms. The minimum absolute atomic E-state index is 0.127. The molecular weight excluding hydrogens is 345 g/mol. The molecule has 1 aliphatic rings. The maximum Gasteiger partial charge on any atom is 0.143 e. The molecule has 0 radical (unpaired) electrons. The van der Waals surface area contributed by atoms with Gasteiger partial charge in [-0.1, -0.05) is 27.5 Å². The Kier molecular flexibility index (Phi) is 3.85. The van der Waals surface area contributed by atoms with E-state index < -0.39 is 5.82 Å². The monoisotopic (exact) mass is 355 g/mol. The molecule has 1 heterocycles. The predicted octanol–water partition coefficient (Wildman–Crippen LogP) is 4.79. The van der Waals surface area contributed by atoms with Crippen LogP contribution in [-0.4, -0.2) is 6.61 Å². The van der Waals surface area contributed by atoms with Gasteiger partial charge >= 0.3 is 0 Å². The summed E-state index contributed by atoms with van der Waals surface area (Å²) >= 11 is 9.17. The van der Waals surface area contributed by atoms with Crippen LogP contribution in [0.1, 0.15) is 11.1 Å². The van der Waals surface area contributed by atoms with Crippen molar-refractivity contribution < 1.29 is 9.13 Å². The van der Waals surface area contributed by atoms with Gasteiger partial charge < -0.3 is 10.1 Å². The fourth-order valence-electron chi connectivity index (χ4n) is 2.28. The van der Waals surface area contributed by atoms with Crippen LogP contribution < -0.4 is 10.1 Å². The lowest BCUT2D eigenvalue weighted by molar-refractivity contribution is 0.354. The van der Waals surface area contributed by atoms with Crippen LogP contribution in [0.4, 0.5) is 10.1 Å². The van der Waals surface area contributed by atoms with Gasteiger partial charge in [0.2, 0.25) is 0 Å². The van der Waals surface area contributed by atoms with Crippen molar-refractivity contribution in [3.05, 3.63) is 56.8 Å². The van der Waals surface area contributed by atoms with Crippen LogP contribution >= 0.6 is 27.5 Å². The van der Waals surface area contributed by atoms with E-state index in [1.807, 2.05) is 6.07 Å². The third-order valence-corrected chi connectivity index (χ3v) is 3.99. The Labute approximate surface area is 130 Å². The van der Waals surface area contributed by atoms with Crippen LogP contribution in [0.2, 0.25) is 5.02 Å². The van der Waals surface area contributed by atoms with Gasteiger partial charge in [-0.25, -0.2) is 4.39 Å². The van der Waals surface area contributed by atoms with Gasteiger partial charge in [-0.15, -0.1) is 0 Å². The third kappa shape index (κ3) is 2.76. The number of halogens is 3. The molecule has 2 nitrogen and oxygen atoms in total. The minimum Gasteiger partial charge on any atom is -0.493 e. The molecule has 0 unspecified atom stereocenters. The first-order valence-corrected chi connectivity index (χ1v) is 7.43. The lowest BCUT2D eigenvalue weighted by atomic mass is 10.1. The quantitative estimate of drug-likeness (QED) is 0.854. The highest BCUT2D eigenvalue weighted by Gasteiger charge is 2.17. The number of ether oxygens (including phenoxy) is 1. The summed E-state index contributed by atoms with van der Waals surface area (Å²) in [6.07, 6.45) is 0.928. The Hall–Kier alpha value is -1.26. The summed E-state index contributed by atoms with van der Waals surface area (Å²) in [6, 6.07) is 8.78. The number of anilines is 1. The predicted molar refractivity (Wildman–Crippen MR) is 82.1 cm³/mol. The zero-order valence-electron chi connectivity index (χ0n) is 10.6. The maximum atomic E-state index is 13.4. The van der Waals surface area contributed by atoms with Gasteiger partial charge in [0.25, 0.3) is 0 Å². The van der Waals surface area contributed by atoms with E-state index in [1.54, 1.807) is 12.1 Å².